The maximum atomic E-state index is 13.8. The van der Waals surface area contributed by atoms with E-state index in [9.17, 15) is 4.39 Å². The van der Waals surface area contributed by atoms with E-state index in [1.54, 1.807) is 12.1 Å². The van der Waals surface area contributed by atoms with Gasteiger partial charge in [0.1, 0.15) is 23.2 Å². The molecule has 0 aliphatic carbocycles. The zero-order valence-electron chi connectivity index (χ0n) is 11.4. The highest BCUT2D eigenvalue weighted by molar-refractivity contribution is 7.80. The third-order valence-electron chi connectivity index (χ3n) is 3.27. The van der Waals surface area contributed by atoms with Crippen molar-refractivity contribution in [1.82, 2.24) is 0 Å². The second-order valence-corrected chi connectivity index (χ2v) is 5.10. The molecule has 0 heterocycles. The van der Waals surface area contributed by atoms with Crippen LogP contribution in [0.5, 0.6) is 5.75 Å². The van der Waals surface area contributed by atoms with Crippen molar-refractivity contribution in [3.8, 4) is 5.75 Å². The molecular formula is C16H16FNOS. The van der Waals surface area contributed by atoms with Crippen molar-refractivity contribution in [2.75, 3.05) is 0 Å². The van der Waals surface area contributed by atoms with E-state index in [1.807, 2.05) is 32.0 Å². The van der Waals surface area contributed by atoms with E-state index in [1.165, 1.54) is 6.07 Å². The van der Waals surface area contributed by atoms with Crippen LogP contribution in [0.3, 0.4) is 0 Å². The summed E-state index contributed by atoms with van der Waals surface area (Å²) < 4.78 is 19.4. The number of halogens is 1. The smallest absolute Gasteiger partial charge is 0.129 e. The predicted molar refractivity (Wildman–Crippen MR) is 82.5 cm³/mol. The van der Waals surface area contributed by atoms with Gasteiger partial charge in [-0.15, -0.1) is 0 Å². The lowest BCUT2D eigenvalue weighted by Crippen LogP contribution is -2.11. The highest BCUT2D eigenvalue weighted by Crippen LogP contribution is 2.22. The Morgan fingerprint density at radius 2 is 2.00 bits per heavy atom. The average molecular weight is 289 g/mol. The van der Waals surface area contributed by atoms with Crippen LogP contribution in [0.1, 0.15) is 22.3 Å². The molecule has 0 atom stereocenters. The van der Waals surface area contributed by atoms with Crippen LogP contribution < -0.4 is 10.5 Å². The molecule has 0 bridgehead atoms. The van der Waals surface area contributed by atoms with Crippen LogP contribution >= 0.6 is 12.2 Å². The first-order valence-corrected chi connectivity index (χ1v) is 6.67. The van der Waals surface area contributed by atoms with E-state index in [0.29, 0.717) is 11.1 Å². The fraction of sp³-hybridized carbons (Fsp3) is 0.188. The Kier molecular flexibility index (Phi) is 4.35. The number of thiocarbonyl (C=S) groups is 1. The molecule has 2 N–H and O–H groups in total. The molecule has 0 unspecified atom stereocenters. The van der Waals surface area contributed by atoms with Gasteiger partial charge in [0, 0.05) is 11.1 Å². The van der Waals surface area contributed by atoms with Crippen LogP contribution in [0.15, 0.2) is 36.4 Å². The van der Waals surface area contributed by atoms with Gasteiger partial charge in [-0.1, -0.05) is 24.4 Å². The van der Waals surface area contributed by atoms with Crippen molar-refractivity contribution < 1.29 is 9.13 Å². The minimum atomic E-state index is -0.324. The molecule has 0 aliphatic rings. The Morgan fingerprint density at radius 1 is 1.25 bits per heavy atom. The van der Waals surface area contributed by atoms with Crippen LogP contribution in [0.4, 0.5) is 4.39 Å². The second kappa shape index (κ2) is 6.01. The molecule has 4 heteroatoms. The molecule has 0 aliphatic heterocycles. The van der Waals surface area contributed by atoms with Crippen LogP contribution in [0, 0.1) is 19.7 Å². The molecule has 2 aromatic rings. The molecule has 0 radical (unpaired) electrons. The Hall–Kier alpha value is -1.94. The summed E-state index contributed by atoms with van der Waals surface area (Å²) in [5.74, 6) is 0.431. The molecule has 20 heavy (non-hydrogen) atoms. The molecule has 2 nitrogen and oxygen atoms in total. The van der Waals surface area contributed by atoms with Gasteiger partial charge in [0.05, 0.1) is 0 Å². The fourth-order valence-electron chi connectivity index (χ4n) is 1.87. The summed E-state index contributed by atoms with van der Waals surface area (Å²) in [4.78, 5) is 0.248. The summed E-state index contributed by atoms with van der Waals surface area (Å²) in [6.45, 7) is 4.13. The topological polar surface area (TPSA) is 35.2 Å². The largest absolute Gasteiger partial charge is 0.489 e. The van der Waals surface area contributed by atoms with Gasteiger partial charge in [-0.05, 0) is 49.2 Å². The second-order valence-electron chi connectivity index (χ2n) is 4.66. The van der Waals surface area contributed by atoms with Gasteiger partial charge in [0.15, 0.2) is 0 Å². The zero-order valence-corrected chi connectivity index (χ0v) is 12.3. The number of hydrogen-bond donors (Lipinski definition) is 1. The maximum Gasteiger partial charge on any atom is 0.129 e. The lowest BCUT2D eigenvalue weighted by Gasteiger charge is -2.12. The average Bonchev–Trinajstić information content (AvgIpc) is 2.41. The molecule has 0 fully saturated rings. The zero-order chi connectivity index (χ0) is 14.7. The van der Waals surface area contributed by atoms with Gasteiger partial charge in [-0.3, -0.25) is 0 Å². The summed E-state index contributed by atoms with van der Waals surface area (Å²) in [6, 6.07) is 10.4. The maximum absolute atomic E-state index is 13.8. The minimum absolute atomic E-state index is 0.145. The summed E-state index contributed by atoms with van der Waals surface area (Å²) in [6.07, 6.45) is 0. The normalized spacial score (nSPS) is 10.3. The molecule has 0 saturated heterocycles. The van der Waals surface area contributed by atoms with Gasteiger partial charge in [-0.2, -0.15) is 0 Å². The van der Waals surface area contributed by atoms with Gasteiger partial charge in [0.25, 0.3) is 0 Å². The van der Waals surface area contributed by atoms with E-state index in [0.717, 1.165) is 16.9 Å². The van der Waals surface area contributed by atoms with Crippen LogP contribution in [-0.2, 0) is 6.61 Å². The van der Waals surface area contributed by atoms with Gasteiger partial charge < -0.3 is 10.5 Å². The Labute approximate surface area is 123 Å². The Morgan fingerprint density at radius 3 is 2.70 bits per heavy atom. The lowest BCUT2D eigenvalue weighted by molar-refractivity contribution is 0.297. The number of aryl methyl sites for hydroxylation is 1. The molecule has 0 saturated carbocycles. The van der Waals surface area contributed by atoms with E-state index < -0.39 is 0 Å². The molecule has 2 aromatic carbocycles. The minimum Gasteiger partial charge on any atom is -0.489 e. The monoisotopic (exact) mass is 289 g/mol. The van der Waals surface area contributed by atoms with E-state index in [-0.39, 0.29) is 17.4 Å². The summed E-state index contributed by atoms with van der Waals surface area (Å²) in [5.41, 5.74) is 8.83. The van der Waals surface area contributed by atoms with Crippen molar-refractivity contribution >= 4 is 17.2 Å². The first kappa shape index (κ1) is 14.5. The first-order chi connectivity index (χ1) is 9.49. The van der Waals surface area contributed by atoms with Gasteiger partial charge in [-0.25, -0.2) is 4.39 Å². The summed E-state index contributed by atoms with van der Waals surface area (Å²) >= 11 is 4.89. The van der Waals surface area contributed by atoms with Crippen molar-refractivity contribution in [3.63, 3.8) is 0 Å². The Balaban J connectivity index is 2.20. The lowest BCUT2D eigenvalue weighted by atomic mass is 10.1. The van der Waals surface area contributed by atoms with Crippen molar-refractivity contribution in [3.05, 3.63) is 64.5 Å². The Bertz CT molecular complexity index is 655. The van der Waals surface area contributed by atoms with E-state index in [2.05, 4.69) is 0 Å². The van der Waals surface area contributed by atoms with Crippen molar-refractivity contribution in [2.24, 2.45) is 5.73 Å². The van der Waals surface area contributed by atoms with Crippen molar-refractivity contribution in [2.45, 2.75) is 20.5 Å². The standard InChI is InChI=1S/C16H16FNOS/c1-10-4-3-5-15(11(10)2)19-9-13-8-12(16(18)20)6-7-14(13)17/h3-8H,9H2,1-2H3,(H2,18,20). The number of nitrogens with two attached hydrogens (primary N) is 1. The highest BCUT2D eigenvalue weighted by atomic mass is 32.1. The third-order valence-corrected chi connectivity index (χ3v) is 3.50. The molecule has 2 rings (SSSR count). The van der Waals surface area contributed by atoms with Gasteiger partial charge in [0.2, 0.25) is 0 Å². The summed E-state index contributed by atoms with van der Waals surface area (Å²) in [7, 11) is 0. The molecule has 0 amide bonds. The molecular weight excluding hydrogens is 273 g/mol. The van der Waals surface area contributed by atoms with Crippen LogP contribution in [0.2, 0.25) is 0 Å². The van der Waals surface area contributed by atoms with E-state index in [4.69, 9.17) is 22.7 Å². The van der Waals surface area contributed by atoms with Crippen LogP contribution in [0.25, 0.3) is 0 Å². The van der Waals surface area contributed by atoms with Crippen LogP contribution in [-0.4, -0.2) is 4.99 Å². The SMILES string of the molecule is Cc1cccc(OCc2cc(C(N)=S)ccc2F)c1C. The number of rotatable bonds is 4. The van der Waals surface area contributed by atoms with Gasteiger partial charge >= 0.3 is 0 Å². The van der Waals surface area contributed by atoms with E-state index >= 15 is 0 Å². The number of hydrogen-bond acceptors (Lipinski definition) is 2. The first-order valence-electron chi connectivity index (χ1n) is 6.26. The van der Waals surface area contributed by atoms with Crippen molar-refractivity contribution in [1.29, 1.82) is 0 Å². The molecule has 0 spiro atoms. The molecule has 104 valence electrons. The number of benzene rings is 2. The summed E-state index contributed by atoms with van der Waals surface area (Å²) in [5, 5.41) is 0. The quantitative estimate of drug-likeness (QED) is 0.873. The third kappa shape index (κ3) is 3.14. The molecule has 0 aromatic heterocycles. The fourth-order valence-corrected chi connectivity index (χ4v) is 2.00. The predicted octanol–water partition coefficient (Wildman–Crippen LogP) is 3.66. The highest BCUT2D eigenvalue weighted by Gasteiger charge is 2.08. The number of ether oxygens (including phenoxy) is 1.